The summed E-state index contributed by atoms with van der Waals surface area (Å²) >= 11 is 6.74. The molecule has 0 aromatic rings. The molecule has 0 bridgehead atoms. The van der Waals surface area contributed by atoms with Gasteiger partial charge >= 0.3 is 0 Å². The summed E-state index contributed by atoms with van der Waals surface area (Å²) < 4.78 is 0.817. The molecule has 14 heavy (non-hydrogen) atoms. The SMILES string of the molecule is C[C@H]1CCC(=O)[C@@H](SC(=S)N(C)C)C1. The summed E-state index contributed by atoms with van der Waals surface area (Å²) in [5, 5.41) is 0.105. The molecule has 1 aliphatic rings. The van der Waals surface area contributed by atoms with E-state index in [0.29, 0.717) is 11.7 Å². The van der Waals surface area contributed by atoms with E-state index in [9.17, 15) is 4.79 Å². The zero-order chi connectivity index (χ0) is 10.7. The Morgan fingerprint density at radius 3 is 2.79 bits per heavy atom. The molecule has 0 aromatic carbocycles. The average molecular weight is 231 g/mol. The molecule has 2 atom stereocenters. The van der Waals surface area contributed by atoms with Crippen molar-refractivity contribution < 1.29 is 4.79 Å². The third-order valence-electron chi connectivity index (χ3n) is 2.47. The molecule has 0 N–H and O–H groups in total. The number of carbonyl (C=O) groups excluding carboxylic acids is 1. The van der Waals surface area contributed by atoms with Gasteiger partial charge in [0.15, 0.2) is 0 Å². The summed E-state index contributed by atoms with van der Waals surface area (Å²) in [7, 11) is 3.85. The summed E-state index contributed by atoms with van der Waals surface area (Å²) in [5.74, 6) is 1.03. The molecule has 0 saturated heterocycles. The Kier molecular flexibility index (Phi) is 4.38. The number of carbonyl (C=O) groups is 1. The van der Waals surface area contributed by atoms with Gasteiger partial charge in [-0.15, -0.1) is 0 Å². The number of ketones is 1. The van der Waals surface area contributed by atoms with Crippen molar-refractivity contribution in [1.29, 1.82) is 0 Å². The first-order chi connectivity index (χ1) is 6.50. The first-order valence-electron chi connectivity index (χ1n) is 4.91. The van der Waals surface area contributed by atoms with E-state index in [2.05, 4.69) is 6.92 Å². The maximum Gasteiger partial charge on any atom is 0.146 e. The van der Waals surface area contributed by atoms with E-state index >= 15 is 0 Å². The van der Waals surface area contributed by atoms with Crippen molar-refractivity contribution in [3.63, 3.8) is 0 Å². The molecule has 0 spiro atoms. The smallest absolute Gasteiger partial charge is 0.146 e. The van der Waals surface area contributed by atoms with Crippen molar-refractivity contribution >= 4 is 34.1 Å². The zero-order valence-electron chi connectivity index (χ0n) is 8.95. The van der Waals surface area contributed by atoms with Gasteiger partial charge in [0, 0.05) is 20.5 Å². The maximum atomic E-state index is 11.6. The molecule has 0 aliphatic heterocycles. The van der Waals surface area contributed by atoms with E-state index < -0.39 is 0 Å². The molecule has 2 nitrogen and oxygen atoms in total. The molecule has 80 valence electrons. The molecular weight excluding hydrogens is 214 g/mol. The number of hydrogen-bond acceptors (Lipinski definition) is 3. The fraction of sp³-hybridized carbons (Fsp3) is 0.800. The molecular formula is C10H17NOS2. The third kappa shape index (κ3) is 3.24. The van der Waals surface area contributed by atoms with Crippen molar-refractivity contribution in [3.8, 4) is 0 Å². The average Bonchev–Trinajstić information content (AvgIpc) is 2.11. The molecule has 0 amide bonds. The Bertz CT molecular complexity index is 238. The van der Waals surface area contributed by atoms with Crippen LogP contribution in [0.4, 0.5) is 0 Å². The number of Topliss-reactive ketones (excluding diaryl/α,β-unsaturated/α-hetero) is 1. The lowest BCUT2D eigenvalue weighted by Gasteiger charge is -2.26. The van der Waals surface area contributed by atoms with Crippen LogP contribution >= 0.6 is 24.0 Å². The van der Waals surface area contributed by atoms with E-state index in [1.54, 1.807) is 11.8 Å². The molecule has 1 aliphatic carbocycles. The summed E-state index contributed by atoms with van der Waals surface area (Å²) in [6, 6.07) is 0. The quantitative estimate of drug-likeness (QED) is 0.645. The van der Waals surface area contributed by atoms with E-state index in [1.165, 1.54) is 0 Å². The van der Waals surface area contributed by atoms with Crippen molar-refractivity contribution in [2.45, 2.75) is 31.4 Å². The van der Waals surface area contributed by atoms with Crippen LogP contribution in [0, 0.1) is 5.92 Å². The number of nitrogens with zero attached hydrogens (tertiary/aromatic N) is 1. The van der Waals surface area contributed by atoms with Gasteiger partial charge in [0.05, 0.1) is 5.25 Å². The Morgan fingerprint density at radius 2 is 2.21 bits per heavy atom. The van der Waals surface area contributed by atoms with Crippen molar-refractivity contribution in [2.75, 3.05) is 14.1 Å². The van der Waals surface area contributed by atoms with E-state index in [-0.39, 0.29) is 5.25 Å². The number of thiocarbonyl (C=S) groups is 1. The van der Waals surface area contributed by atoms with Crippen molar-refractivity contribution in [3.05, 3.63) is 0 Å². The van der Waals surface area contributed by atoms with Crippen molar-refractivity contribution in [1.82, 2.24) is 4.90 Å². The van der Waals surface area contributed by atoms with Crippen LogP contribution in [-0.2, 0) is 4.79 Å². The lowest BCUT2D eigenvalue weighted by atomic mass is 9.90. The predicted molar refractivity (Wildman–Crippen MR) is 65.7 cm³/mol. The Morgan fingerprint density at radius 1 is 1.57 bits per heavy atom. The third-order valence-corrected chi connectivity index (χ3v) is 4.43. The van der Waals surface area contributed by atoms with Crippen LogP contribution in [0.15, 0.2) is 0 Å². The normalized spacial score (nSPS) is 27.5. The predicted octanol–water partition coefficient (Wildman–Crippen LogP) is 2.32. The minimum absolute atomic E-state index is 0.105. The van der Waals surface area contributed by atoms with Crippen LogP contribution in [-0.4, -0.2) is 34.3 Å². The van der Waals surface area contributed by atoms with Crippen LogP contribution in [0.5, 0.6) is 0 Å². The summed E-state index contributed by atoms with van der Waals surface area (Å²) in [6.07, 6.45) is 2.76. The van der Waals surface area contributed by atoms with Crippen LogP contribution in [0.25, 0.3) is 0 Å². The first-order valence-corrected chi connectivity index (χ1v) is 6.20. The Labute approximate surface area is 95.4 Å². The largest absolute Gasteiger partial charge is 0.364 e. The second-order valence-corrected chi connectivity index (χ2v) is 5.95. The first kappa shape index (κ1) is 12.0. The highest BCUT2D eigenvalue weighted by Gasteiger charge is 2.28. The molecule has 4 heteroatoms. The van der Waals surface area contributed by atoms with Gasteiger partial charge in [0.25, 0.3) is 0 Å². The Balaban J connectivity index is 2.49. The van der Waals surface area contributed by atoms with Gasteiger partial charge in [-0.1, -0.05) is 30.9 Å². The van der Waals surface area contributed by atoms with Gasteiger partial charge in [0.2, 0.25) is 0 Å². The number of hydrogen-bond donors (Lipinski definition) is 0. The summed E-state index contributed by atoms with van der Waals surface area (Å²) in [4.78, 5) is 13.5. The van der Waals surface area contributed by atoms with Gasteiger partial charge in [-0.05, 0) is 18.8 Å². The van der Waals surface area contributed by atoms with Crippen LogP contribution in [0.2, 0.25) is 0 Å². The lowest BCUT2D eigenvalue weighted by molar-refractivity contribution is -0.120. The van der Waals surface area contributed by atoms with Gasteiger partial charge in [0.1, 0.15) is 10.1 Å². The van der Waals surface area contributed by atoms with Gasteiger partial charge in [-0.3, -0.25) is 4.79 Å². The van der Waals surface area contributed by atoms with Gasteiger partial charge in [-0.2, -0.15) is 0 Å². The van der Waals surface area contributed by atoms with Crippen LogP contribution in [0.1, 0.15) is 26.2 Å². The van der Waals surface area contributed by atoms with Gasteiger partial charge in [-0.25, -0.2) is 0 Å². The van der Waals surface area contributed by atoms with E-state index in [0.717, 1.165) is 23.6 Å². The highest BCUT2D eigenvalue weighted by atomic mass is 32.2. The standard InChI is InChI=1S/C10H17NOS2/c1-7-4-5-8(12)9(6-7)14-10(13)11(2)3/h7,9H,4-6H2,1-3H3/t7-,9-/m0/s1. The maximum absolute atomic E-state index is 11.6. The molecule has 1 rings (SSSR count). The highest BCUT2D eigenvalue weighted by molar-refractivity contribution is 8.23. The molecule has 1 fully saturated rings. The fourth-order valence-corrected chi connectivity index (χ4v) is 2.98. The molecule has 0 heterocycles. The lowest BCUT2D eigenvalue weighted by Crippen LogP contribution is -2.29. The minimum Gasteiger partial charge on any atom is -0.364 e. The highest BCUT2D eigenvalue weighted by Crippen LogP contribution is 2.30. The minimum atomic E-state index is 0.105. The number of rotatable bonds is 1. The van der Waals surface area contributed by atoms with Crippen molar-refractivity contribution in [2.24, 2.45) is 5.92 Å². The zero-order valence-corrected chi connectivity index (χ0v) is 10.6. The Hall–Kier alpha value is -0.0900. The van der Waals surface area contributed by atoms with E-state index in [4.69, 9.17) is 12.2 Å². The number of thioether (sulfide) groups is 1. The molecule has 0 aromatic heterocycles. The fourth-order valence-electron chi connectivity index (χ4n) is 1.51. The van der Waals surface area contributed by atoms with Gasteiger partial charge < -0.3 is 4.90 Å². The van der Waals surface area contributed by atoms with Crippen LogP contribution in [0.3, 0.4) is 0 Å². The van der Waals surface area contributed by atoms with Crippen LogP contribution < -0.4 is 0 Å². The second-order valence-electron chi connectivity index (χ2n) is 4.11. The topological polar surface area (TPSA) is 20.3 Å². The summed E-state index contributed by atoms with van der Waals surface area (Å²) in [6.45, 7) is 2.21. The molecule has 0 radical (unpaired) electrons. The van der Waals surface area contributed by atoms with E-state index in [1.807, 2.05) is 19.0 Å². The monoisotopic (exact) mass is 231 g/mol. The second kappa shape index (κ2) is 5.12. The molecule has 0 unspecified atom stereocenters. The molecule has 1 saturated carbocycles. The summed E-state index contributed by atoms with van der Waals surface area (Å²) in [5.41, 5.74) is 0.